The number of carbonyl (C=O) groups excluding carboxylic acids is 2. The van der Waals surface area contributed by atoms with E-state index in [1.54, 1.807) is 30.3 Å². The minimum atomic E-state index is -0.926. The third kappa shape index (κ3) is 5.51. The SMILES string of the molecule is Cc1ccc([C@H](C(=O)NC2CCCCC2)N(Cc2ccccc2F)C(=O)c2ccco2)cc1. The molecule has 0 aliphatic heterocycles. The number of amides is 2. The predicted molar refractivity (Wildman–Crippen MR) is 124 cm³/mol. The average molecular weight is 449 g/mol. The number of hydrogen-bond donors (Lipinski definition) is 1. The maximum absolute atomic E-state index is 14.6. The highest BCUT2D eigenvalue weighted by molar-refractivity contribution is 5.96. The molecule has 0 saturated heterocycles. The predicted octanol–water partition coefficient (Wildman–Crippen LogP) is 5.56. The Balaban J connectivity index is 1.73. The number of rotatable bonds is 7. The van der Waals surface area contributed by atoms with Gasteiger partial charge in [0.2, 0.25) is 5.91 Å². The Morgan fingerprint density at radius 1 is 1.03 bits per heavy atom. The lowest BCUT2D eigenvalue weighted by Gasteiger charge is -2.33. The summed E-state index contributed by atoms with van der Waals surface area (Å²) in [5.41, 5.74) is 2.05. The van der Waals surface area contributed by atoms with Gasteiger partial charge >= 0.3 is 0 Å². The first-order chi connectivity index (χ1) is 16.0. The van der Waals surface area contributed by atoms with Gasteiger partial charge in [0.15, 0.2) is 5.76 Å². The Labute approximate surface area is 193 Å². The van der Waals surface area contributed by atoms with Crippen molar-refractivity contribution >= 4 is 11.8 Å². The van der Waals surface area contributed by atoms with Gasteiger partial charge in [-0.25, -0.2) is 4.39 Å². The lowest BCUT2D eigenvalue weighted by atomic mass is 9.94. The second kappa shape index (κ2) is 10.5. The highest BCUT2D eigenvalue weighted by Crippen LogP contribution is 2.28. The van der Waals surface area contributed by atoms with Crippen LogP contribution in [0.4, 0.5) is 4.39 Å². The summed E-state index contributed by atoms with van der Waals surface area (Å²) in [5.74, 6) is -1.05. The molecule has 1 aliphatic carbocycles. The number of carbonyl (C=O) groups is 2. The van der Waals surface area contributed by atoms with Crippen LogP contribution in [0.25, 0.3) is 0 Å². The minimum Gasteiger partial charge on any atom is -0.459 e. The van der Waals surface area contributed by atoms with Crippen molar-refractivity contribution in [3.05, 3.63) is 95.2 Å². The molecule has 5 nitrogen and oxygen atoms in total. The van der Waals surface area contributed by atoms with Crippen LogP contribution in [0.15, 0.2) is 71.3 Å². The molecule has 4 rings (SSSR count). The first-order valence-electron chi connectivity index (χ1n) is 11.5. The van der Waals surface area contributed by atoms with Crippen molar-refractivity contribution in [3.8, 4) is 0 Å². The molecule has 2 aromatic carbocycles. The standard InChI is InChI=1S/C27H29FN2O3/c1-19-13-15-20(16-14-19)25(26(31)29-22-9-3-2-4-10-22)30(27(32)24-12-7-17-33-24)18-21-8-5-6-11-23(21)28/h5-8,11-17,22,25H,2-4,9-10,18H2,1H3,(H,29,31)/t25-/m1/s1. The molecule has 2 amide bonds. The van der Waals surface area contributed by atoms with Crippen LogP contribution >= 0.6 is 0 Å². The van der Waals surface area contributed by atoms with Crippen LogP contribution in [0.1, 0.15) is 65.4 Å². The van der Waals surface area contributed by atoms with Gasteiger partial charge in [0.05, 0.1) is 12.8 Å². The molecule has 1 heterocycles. The van der Waals surface area contributed by atoms with Crippen molar-refractivity contribution in [3.63, 3.8) is 0 Å². The number of aryl methyl sites for hydroxylation is 1. The molecule has 3 aromatic rings. The van der Waals surface area contributed by atoms with Gasteiger partial charge in [-0.1, -0.05) is 67.3 Å². The number of nitrogens with one attached hydrogen (secondary N) is 1. The molecular formula is C27H29FN2O3. The van der Waals surface area contributed by atoms with Gasteiger partial charge in [0.1, 0.15) is 11.9 Å². The lowest BCUT2D eigenvalue weighted by Crippen LogP contribution is -2.46. The molecule has 6 heteroatoms. The molecule has 1 saturated carbocycles. The average Bonchev–Trinajstić information content (AvgIpc) is 3.36. The third-order valence-corrected chi connectivity index (χ3v) is 6.20. The zero-order valence-electron chi connectivity index (χ0n) is 18.8. The first kappa shape index (κ1) is 22.8. The van der Waals surface area contributed by atoms with Crippen molar-refractivity contribution < 1.29 is 18.4 Å². The Hall–Kier alpha value is -3.41. The van der Waals surface area contributed by atoms with E-state index >= 15 is 0 Å². The fourth-order valence-corrected chi connectivity index (χ4v) is 4.38. The maximum atomic E-state index is 14.6. The lowest BCUT2D eigenvalue weighted by molar-refractivity contribution is -0.127. The minimum absolute atomic E-state index is 0.0666. The largest absolute Gasteiger partial charge is 0.459 e. The highest BCUT2D eigenvalue weighted by Gasteiger charge is 2.34. The van der Waals surface area contributed by atoms with E-state index < -0.39 is 17.8 Å². The van der Waals surface area contributed by atoms with E-state index in [1.165, 1.54) is 23.7 Å². The number of hydrogen-bond acceptors (Lipinski definition) is 3. The Morgan fingerprint density at radius 2 is 1.76 bits per heavy atom. The molecule has 172 valence electrons. The van der Waals surface area contributed by atoms with Crippen molar-refractivity contribution in [1.82, 2.24) is 10.2 Å². The molecule has 1 atom stereocenters. The molecule has 1 aromatic heterocycles. The van der Waals surface area contributed by atoms with Crippen molar-refractivity contribution in [2.45, 2.75) is 57.7 Å². The van der Waals surface area contributed by atoms with Crippen LogP contribution in [0, 0.1) is 12.7 Å². The van der Waals surface area contributed by atoms with E-state index in [1.807, 2.05) is 31.2 Å². The molecule has 0 bridgehead atoms. The van der Waals surface area contributed by atoms with Crippen LogP contribution in [-0.4, -0.2) is 22.8 Å². The number of halogens is 1. The topological polar surface area (TPSA) is 62.6 Å². The molecule has 1 aliphatic rings. The Bertz CT molecular complexity index is 1070. The van der Waals surface area contributed by atoms with Crippen LogP contribution in [0.2, 0.25) is 0 Å². The van der Waals surface area contributed by atoms with E-state index in [4.69, 9.17) is 4.42 Å². The number of nitrogens with zero attached hydrogens (tertiary/aromatic N) is 1. The maximum Gasteiger partial charge on any atom is 0.290 e. The van der Waals surface area contributed by atoms with Gasteiger partial charge in [-0.15, -0.1) is 0 Å². The summed E-state index contributed by atoms with van der Waals surface area (Å²) >= 11 is 0. The summed E-state index contributed by atoms with van der Waals surface area (Å²) in [4.78, 5) is 28.6. The monoisotopic (exact) mass is 448 g/mol. The molecular weight excluding hydrogens is 419 g/mol. The molecule has 0 spiro atoms. The van der Waals surface area contributed by atoms with E-state index in [0.29, 0.717) is 11.1 Å². The van der Waals surface area contributed by atoms with Gasteiger partial charge in [-0.3, -0.25) is 9.59 Å². The van der Waals surface area contributed by atoms with Crippen molar-refractivity contribution in [1.29, 1.82) is 0 Å². The molecule has 0 unspecified atom stereocenters. The fourth-order valence-electron chi connectivity index (χ4n) is 4.38. The van der Waals surface area contributed by atoms with Gasteiger partial charge in [-0.2, -0.15) is 0 Å². The molecule has 33 heavy (non-hydrogen) atoms. The highest BCUT2D eigenvalue weighted by atomic mass is 19.1. The Kier molecular flexibility index (Phi) is 7.23. The molecule has 1 fully saturated rings. The fraction of sp³-hybridized carbons (Fsp3) is 0.333. The van der Waals surface area contributed by atoms with E-state index in [2.05, 4.69) is 5.32 Å². The van der Waals surface area contributed by atoms with Crippen molar-refractivity contribution in [2.75, 3.05) is 0 Å². The van der Waals surface area contributed by atoms with Gasteiger partial charge < -0.3 is 14.6 Å². The Morgan fingerprint density at radius 3 is 2.42 bits per heavy atom. The van der Waals surface area contributed by atoms with E-state index in [-0.39, 0.29) is 24.3 Å². The number of furan rings is 1. The summed E-state index contributed by atoms with van der Waals surface area (Å²) in [7, 11) is 0. The number of benzene rings is 2. The smallest absolute Gasteiger partial charge is 0.290 e. The van der Waals surface area contributed by atoms with Crippen LogP contribution in [0.5, 0.6) is 0 Å². The summed E-state index contributed by atoms with van der Waals surface area (Å²) in [6.45, 7) is 1.90. The third-order valence-electron chi connectivity index (χ3n) is 6.20. The zero-order chi connectivity index (χ0) is 23.2. The van der Waals surface area contributed by atoms with Crippen LogP contribution < -0.4 is 5.32 Å². The second-order valence-electron chi connectivity index (χ2n) is 8.66. The van der Waals surface area contributed by atoms with Gasteiger partial charge in [0, 0.05) is 11.6 Å². The van der Waals surface area contributed by atoms with E-state index in [0.717, 1.165) is 31.2 Å². The zero-order valence-corrected chi connectivity index (χ0v) is 18.8. The first-order valence-corrected chi connectivity index (χ1v) is 11.5. The second-order valence-corrected chi connectivity index (χ2v) is 8.66. The summed E-state index contributed by atoms with van der Waals surface area (Å²) < 4.78 is 19.9. The van der Waals surface area contributed by atoms with Crippen molar-refractivity contribution in [2.24, 2.45) is 0 Å². The molecule has 0 radical (unpaired) electrons. The summed E-state index contributed by atoms with van der Waals surface area (Å²) in [6.07, 6.45) is 6.58. The normalized spacial score (nSPS) is 15.1. The van der Waals surface area contributed by atoms with Gasteiger partial charge in [0.25, 0.3) is 5.91 Å². The summed E-state index contributed by atoms with van der Waals surface area (Å²) in [5, 5.41) is 3.16. The molecule has 1 N–H and O–H groups in total. The summed E-state index contributed by atoms with van der Waals surface area (Å²) in [6, 6.07) is 16.2. The van der Waals surface area contributed by atoms with E-state index in [9.17, 15) is 14.0 Å². The van der Waals surface area contributed by atoms with Crippen LogP contribution in [-0.2, 0) is 11.3 Å². The quantitative estimate of drug-likeness (QED) is 0.515. The van der Waals surface area contributed by atoms with Crippen LogP contribution in [0.3, 0.4) is 0 Å². The van der Waals surface area contributed by atoms with Gasteiger partial charge in [-0.05, 0) is 43.5 Å².